The topological polar surface area (TPSA) is 22.1 Å². The molecule has 0 bridgehead atoms. The summed E-state index contributed by atoms with van der Waals surface area (Å²) in [7, 11) is 1.64. The fourth-order valence-electron chi connectivity index (χ4n) is 0.882. The smallest absolute Gasteiger partial charge is 0.117 e. The molecule has 11 heavy (non-hydrogen) atoms. The molecule has 0 amide bonds. The van der Waals surface area contributed by atoms with Crippen LogP contribution in [-0.2, 0) is 4.74 Å². The van der Waals surface area contributed by atoms with E-state index in [0.29, 0.717) is 0 Å². The Balaban J connectivity index is 2.82. The van der Waals surface area contributed by atoms with Crippen molar-refractivity contribution < 1.29 is 4.74 Å². The van der Waals surface area contributed by atoms with Gasteiger partial charge in [0, 0.05) is 13.3 Å². The van der Waals surface area contributed by atoms with E-state index in [4.69, 9.17) is 4.74 Å². The van der Waals surface area contributed by atoms with Gasteiger partial charge in [-0.1, -0.05) is 12.1 Å². The summed E-state index contributed by atoms with van der Waals surface area (Å²) in [6.07, 6.45) is 3.38. The van der Waals surface area contributed by atoms with Gasteiger partial charge in [0.05, 0.1) is 5.69 Å². The lowest BCUT2D eigenvalue weighted by Gasteiger charge is -2.07. The van der Waals surface area contributed by atoms with Gasteiger partial charge < -0.3 is 4.74 Å². The fourth-order valence-corrected chi connectivity index (χ4v) is 0.882. The Morgan fingerprint density at radius 1 is 1.64 bits per heavy atom. The third-order valence-electron chi connectivity index (χ3n) is 1.45. The van der Waals surface area contributed by atoms with Crippen LogP contribution < -0.4 is 0 Å². The molecule has 0 aliphatic carbocycles. The zero-order valence-electron chi connectivity index (χ0n) is 6.53. The molecule has 1 aromatic rings. The van der Waals surface area contributed by atoms with Crippen molar-refractivity contribution in [1.82, 2.24) is 4.98 Å². The van der Waals surface area contributed by atoms with Gasteiger partial charge in [0.1, 0.15) is 6.10 Å². The van der Waals surface area contributed by atoms with Gasteiger partial charge in [-0.05, 0) is 12.1 Å². The molecule has 0 saturated carbocycles. The Hall–Kier alpha value is -1.15. The molecule has 0 N–H and O–H groups in total. The summed E-state index contributed by atoms with van der Waals surface area (Å²) < 4.78 is 5.10. The second-order valence-corrected chi connectivity index (χ2v) is 2.15. The molecule has 0 radical (unpaired) electrons. The van der Waals surface area contributed by atoms with E-state index in [1.54, 1.807) is 19.4 Å². The highest BCUT2D eigenvalue weighted by Gasteiger charge is 2.04. The summed E-state index contributed by atoms with van der Waals surface area (Å²) in [5.74, 6) is 0. The Labute approximate surface area is 66.5 Å². The molecule has 0 aromatic carbocycles. The van der Waals surface area contributed by atoms with Crippen molar-refractivity contribution in [2.24, 2.45) is 0 Å². The van der Waals surface area contributed by atoms with E-state index < -0.39 is 0 Å². The predicted octanol–water partition coefficient (Wildman–Crippen LogP) is 1.96. The lowest BCUT2D eigenvalue weighted by atomic mass is 10.2. The molecule has 1 rings (SSSR count). The highest BCUT2D eigenvalue weighted by molar-refractivity contribution is 5.10. The van der Waals surface area contributed by atoms with Crippen LogP contribution in [0.15, 0.2) is 37.1 Å². The molecule has 0 aliphatic rings. The Morgan fingerprint density at radius 3 is 2.91 bits per heavy atom. The number of pyridine rings is 1. The maximum absolute atomic E-state index is 5.10. The second kappa shape index (κ2) is 3.88. The largest absolute Gasteiger partial charge is 0.371 e. The minimum absolute atomic E-state index is 0.0869. The molecule has 2 heteroatoms. The highest BCUT2D eigenvalue weighted by Crippen LogP contribution is 2.13. The van der Waals surface area contributed by atoms with E-state index in [1.165, 1.54) is 0 Å². The first-order valence-electron chi connectivity index (χ1n) is 3.44. The van der Waals surface area contributed by atoms with Crippen molar-refractivity contribution in [3.05, 3.63) is 42.7 Å². The predicted molar refractivity (Wildman–Crippen MR) is 44.2 cm³/mol. The fraction of sp³-hybridized carbons (Fsp3) is 0.222. The first-order chi connectivity index (χ1) is 5.38. The standard InChI is InChI=1S/C9H11NO/c1-3-9(11-2)8-6-4-5-7-10-8/h3-7,9H,1H2,2H3. The number of rotatable bonds is 3. The van der Waals surface area contributed by atoms with E-state index >= 15 is 0 Å². The Morgan fingerprint density at radius 2 is 2.45 bits per heavy atom. The minimum Gasteiger partial charge on any atom is -0.371 e. The van der Waals surface area contributed by atoms with Gasteiger partial charge in [-0.3, -0.25) is 4.98 Å². The van der Waals surface area contributed by atoms with Gasteiger partial charge in [-0.2, -0.15) is 0 Å². The molecule has 1 heterocycles. The number of hydrogen-bond acceptors (Lipinski definition) is 2. The minimum atomic E-state index is -0.0869. The molecule has 0 spiro atoms. The summed E-state index contributed by atoms with van der Waals surface area (Å²) in [6.45, 7) is 3.64. The van der Waals surface area contributed by atoms with Crippen molar-refractivity contribution in [1.29, 1.82) is 0 Å². The van der Waals surface area contributed by atoms with Crippen molar-refractivity contribution in [2.75, 3.05) is 7.11 Å². The number of hydrogen-bond donors (Lipinski definition) is 0. The van der Waals surface area contributed by atoms with Gasteiger partial charge in [0.2, 0.25) is 0 Å². The monoisotopic (exact) mass is 149 g/mol. The quantitative estimate of drug-likeness (QED) is 0.613. The van der Waals surface area contributed by atoms with E-state index in [-0.39, 0.29) is 6.10 Å². The van der Waals surface area contributed by atoms with Crippen LogP contribution in [0.25, 0.3) is 0 Å². The molecule has 1 aromatic heterocycles. The van der Waals surface area contributed by atoms with Gasteiger partial charge in [-0.15, -0.1) is 6.58 Å². The maximum Gasteiger partial charge on any atom is 0.117 e. The molecule has 1 unspecified atom stereocenters. The molecular formula is C9H11NO. The second-order valence-electron chi connectivity index (χ2n) is 2.15. The van der Waals surface area contributed by atoms with Crippen molar-refractivity contribution >= 4 is 0 Å². The van der Waals surface area contributed by atoms with Crippen LogP contribution in [0.4, 0.5) is 0 Å². The zero-order chi connectivity index (χ0) is 8.10. The SMILES string of the molecule is C=CC(OC)c1ccccn1. The highest BCUT2D eigenvalue weighted by atomic mass is 16.5. The maximum atomic E-state index is 5.10. The van der Waals surface area contributed by atoms with Crippen LogP contribution in [0, 0.1) is 0 Å². The van der Waals surface area contributed by atoms with Crippen LogP contribution in [0.5, 0.6) is 0 Å². The van der Waals surface area contributed by atoms with Crippen molar-refractivity contribution in [3.63, 3.8) is 0 Å². The third kappa shape index (κ3) is 1.88. The van der Waals surface area contributed by atoms with Gasteiger partial charge in [0.15, 0.2) is 0 Å². The van der Waals surface area contributed by atoms with Gasteiger partial charge >= 0.3 is 0 Å². The molecule has 58 valence electrons. The molecule has 0 fully saturated rings. The van der Waals surface area contributed by atoms with E-state index in [2.05, 4.69) is 11.6 Å². The van der Waals surface area contributed by atoms with Gasteiger partial charge in [0.25, 0.3) is 0 Å². The number of nitrogens with zero attached hydrogens (tertiary/aromatic N) is 1. The van der Waals surface area contributed by atoms with E-state index in [9.17, 15) is 0 Å². The zero-order valence-corrected chi connectivity index (χ0v) is 6.53. The molecular weight excluding hydrogens is 138 g/mol. The first-order valence-corrected chi connectivity index (χ1v) is 3.44. The number of ether oxygens (including phenoxy) is 1. The van der Waals surface area contributed by atoms with Gasteiger partial charge in [-0.25, -0.2) is 0 Å². The average molecular weight is 149 g/mol. The summed E-state index contributed by atoms with van der Waals surface area (Å²) in [4.78, 5) is 4.12. The van der Waals surface area contributed by atoms with Crippen LogP contribution >= 0.6 is 0 Å². The van der Waals surface area contributed by atoms with Crippen LogP contribution in [0.3, 0.4) is 0 Å². The third-order valence-corrected chi connectivity index (χ3v) is 1.45. The summed E-state index contributed by atoms with van der Waals surface area (Å²) in [5.41, 5.74) is 0.894. The van der Waals surface area contributed by atoms with Crippen molar-refractivity contribution in [2.45, 2.75) is 6.10 Å². The van der Waals surface area contributed by atoms with E-state index in [1.807, 2.05) is 18.2 Å². The summed E-state index contributed by atoms with van der Waals surface area (Å²) in [6, 6.07) is 5.72. The van der Waals surface area contributed by atoms with Crippen LogP contribution in [-0.4, -0.2) is 12.1 Å². The molecule has 2 nitrogen and oxygen atoms in total. The van der Waals surface area contributed by atoms with Crippen molar-refractivity contribution in [3.8, 4) is 0 Å². The lowest BCUT2D eigenvalue weighted by molar-refractivity contribution is 0.139. The van der Waals surface area contributed by atoms with E-state index in [0.717, 1.165) is 5.69 Å². The summed E-state index contributed by atoms with van der Waals surface area (Å²) >= 11 is 0. The first kappa shape index (κ1) is 7.95. The Kier molecular flexibility index (Phi) is 2.81. The van der Waals surface area contributed by atoms with Crippen LogP contribution in [0.2, 0.25) is 0 Å². The molecule has 0 saturated heterocycles. The molecule has 0 aliphatic heterocycles. The van der Waals surface area contributed by atoms with Crippen LogP contribution in [0.1, 0.15) is 11.8 Å². The number of methoxy groups -OCH3 is 1. The Bertz CT molecular complexity index is 220. The normalized spacial score (nSPS) is 12.5. The number of aromatic nitrogens is 1. The molecule has 1 atom stereocenters. The lowest BCUT2D eigenvalue weighted by Crippen LogP contribution is -1.98. The summed E-state index contributed by atoms with van der Waals surface area (Å²) in [5, 5.41) is 0. The average Bonchev–Trinajstić information content (AvgIpc) is 2.09.